The van der Waals surface area contributed by atoms with Crippen LogP contribution >= 0.6 is 11.3 Å². The summed E-state index contributed by atoms with van der Waals surface area (Å²) in [5, 5.41) is 12.1. The van der Waals surface area contributed by atoms with E-state index < -0.39 is 16.1 Å². The Hall–Kier alpha value is -2.51. The molecule has 2 N–H and O–H groups in total. The number of sulfonamides is 1. The Morgan fingerprint density at radius 1 is 0.857 bits per heavy atom. The minimum Gasteiger partial charge on any atom is -0.383 e. The third kappa shape index (κ3) is 3.86. The fourth-order valence-electron chi connectivity index (χ4n) is 3.11. The number of rotatable bonds is 6. The Balaban J connectivity index is 1.52. The fraction of sp³-hybridized carbons (Fsp3) is 0.0909. The molecular weight excluding hydrogens is 390 g/mol. The summed E-state index contributed by atoms with van der Waals surface area (Å²) >= 11 is 1.40. The quantitative estimate of drug-likeness (QED) is 0.494. The first kappa shape index (κ1) is 18.8. The van der Waals surface area contributed by atoms with Gasteiger partial charge in [-0.2, -0.15) is 0 Å². The topological polar surface area (TPSA) is 66.4 Å². The molecule has 1 heterocycles. The number of fused-ring (bicyclic) bond motifs is 1. The molecule has 0 aliphatic carbocycles. The van der Waals surface area contributed by atoms with Gasteiger partial charge in [0.2, 0.25) is 10.0 Å². The average Bonchev–Trinajstić information content (AvgIpc) is 3.21. The molecule has 1 atom stereocenters. The molecule has 0 saturated heterocycles. The number of benzene rings is 3. The van der Waals surface area contributed by atoms with Crippen molar-refractivity contribution in [3.05, 3.63) is 100 Å². The number of aliphatic hydroxyl groups is 1. The van der Waals surface area contributed by atoms with Gasteiger partial charge in [0.15, 0.2) is 0 Å². The second-order valence-corrected chi connectivity index (χ2v) is 9.35. The third-order valence-electron chi connectivity index (χ3n) is 4.54. The van der Waals surface area contributed by atoms with Gasteiger partial charge >= 0.3 is 0 Å². The number of nitrogens with one attached hydrogen (secondary N) is 1. The first-order valence-electron chi connectivity index (χ1n) is 8.84. The van der Waals surface area contributed by atoms with Gasteiger partial charge in [0.05, 0.1) is 4.90 Å². The van der Waals surface area contributed by atoms with E-state index in [0.29, 0.717) is 5.39 Å². The molecule has 142 valence electrons. The molecule has 4 nitrogen and oxygen atoms in total. The van der Waals surface area contributed by atoms with Crippen molar-refractivity contribution in [1.82, 2.24) is 4.72 Å². The largest absolute Gasteiger partial charge is 0.383 e. The number of aliphatic hydroxyl groups excluding tert-OH is 1. The van der Waals surface area contributed by atoms with Crippen molar-refractivity contribution < 1.29 is 13.5 Å². The summed E-state index contributed by atoms with van der Waals surface area (Å²) in [6, 6.07) is 25.8. The van der Waals surface area contributed by atoms with Crippen LogP contribution in [-0.2, 0) is 16.6 Å². The summed E-state index contributed by atoms with van der Waals surface area (Å²) in [4.78, 5) is 1.89. The van der Waals surface area contributed by atoms with Crippen LogP contribution in [0, 0.1) is 0 Å². The average molecular weight is 410 g/mol. The molecule has 0 unspecified atom stereocenters. The highest BCUT2D eigenvalue weighted by Gasteiger charge is 2.18. The van der Waals surface area contributed by atoms with Gasteiger partial charge in [-0.05, 0) is 29.1 Å². The van der Waals surface area contributed by atoms with Gasteiger partial charge < -0.3 is 5.11 Å². The third-order valence-corrected chi connectivity index (χ3v) is 7.14. The number of hydrogen-bond donors (Lipinski definition) is 2. The lowest BCUT2D eigenvalue weighted by molar-refractivity contribution is 0.224. The lowest BCUT2D eigenvalue weighted by Gasteiger charge is -2.09. The maximum absolute atomic E-state index is 12.8. The van der Waals surface area contributed by atoms with E-state index in [2.05, 4.69) is 4.72 Å². The first-order valence-corrected chi connectivity index (χ1v) is 11.1. The lowest BCUT2D eigenvalue weighted by atomic mass is 10.1. The van der Waals surface area contributed by atoms with Crippen LogP contribution in [0.1, 0.15) is 21.4 Å². The van der Waals surface area contributed by atoms with Crippen LogP contribution in [0.15, 0.2) is 89.8 Å². The SMILES string of the molecule is O=S(=O)(NCc1ccc([C@@H](O)c2ccccc2)s1)c1cccc2ccccc12. The standard InChI is InChI=1S/C22H19NO3S2/c24-22(17-8-2-1-3-9-17)20-14-13-18(27-20)15-23-28(25,26)21-12-6-10-16-7-4-5-11-19(16)21/h1-14,22-24H,15H2/t22-/m0/s1. The van der Waals surface area contributed by atoms with Crippen molar-refractivity contribution in [3.8, 4) is 0 Å². The van der Waals surface area contributed by atoms with Gasteiger partial charge in [-0.25, -0.2) is 13.1 Å². The Kier molecular flexibility index (Phi) is 5.28. The van der Waals surface area contributed by atoms with Crippen molar-refractivity contribution in [2.75, 3.05) is 0 Å². The Labute approximate surface area is 168 Å². The highest BCUT2D eigenvalue weighted by Crippen LogP contribution is 2.29. The van der Waals surface area contributed by atoms with Gasteiger partial charge in [0.25, 0.3) is 0 Å². The smallest absolute Gasteiger partial charge is 0.241 e. The van der Waals surface area contributed by atoms with Gasteiger partial charge in [-0.3, -0.25) is 0 Å². The second-order valence-electron chi connectivity index (χ2n) is 6.42. The van der Waals surface area contributed by atoms with Crippen LogP contribution in [0.2, 0.25) is 0 Å². The van der Waals surface area contributed by atoms with E-state index in [1.165, 1.54) is 11.3 Å². The number of hydrogen-bond acceptors (Lipinski definition) is 4. The highest BCUT2D eigenvalue weighted by molar-refractivity contribution is 7.89. The molecule has 0 bridgehead atoms. The maximum atomic E-state index is 12.8. The summed E-state index contributed by atoms with van der Waals surface area (Å²) in [5.74, 6) is 0. The molecule has 4 rings (SSSR count). The van der Waals surface area contributed by atoms with Crippen LogP contribution in [0.25, 0.3) is 10.8 Å². The first-order chi connectivity index (χ1) is 13.5. The summed E-state index contributed by atoms with van der Waals surface area (Å²) < 4.78 is 28.3. The lowest BCUT2D eigenvalue weighted by Crippen LogP contribution is -2.23. The number of thiophene rings is 1. The normalized spacial score (nSPS) is 12.9. The van der Waals surface area contributed by atoms with Gasteiger partial charge in [-0.1, -0.05) is 66.7 Å². The molecule has 0 spiro atoms. The van der Waals surface area contributed by atoms with Crippen molar-refractivity contribution in [3.63, 3.8) is 0 Å². The van der Waals surface area contributed by atoms with Crippen molar-refractivity contribution in [2.24, 2.45) is 0 Å². The van der Waals surface area contributed by atoms with Crippen LogP contribution < -0.4 is 4.72 Å². The monoisotopic (exact) mass is 409 g/mol. The molecule has 28 heavy (non-hydrogen) atoms. The van der Waals surface area contributed by atoms with Gasteiger partial charge in [0.1, 0.15) is 6.10 Å². The zero-order chi connectivity index (χ0) is 19.6. The Morgan fingerprint density at radius 2 is 1.57 bits per heavy atom. The summed E-state index contributed by atoms with van der Waals surface area (Å²) in [6.07, 6.45) is -0.713. The zero-order valence-corrected chi connectivity index (χ0v) is 16.6. The minimum absolute atomic E-state index is 0.178. The molecule has 0 aliphatic heterocycles. The van der Waals surface area contributed by atoms with E-state index in [4.69, 9.17) is 0 Å². The zero-order valence-electron chi connectivity index (χ0n) is 14.9. The Bertz CT molecular complexity index is 1200. The molecule has 6 heteroatoms. The van der Waals surface area contributed by atoms with Crippen LogP contribution in [-0.4, -0.2) is 13.5 Å². The van der Waals surface area contributed by atoms with Crippen molar-refractivity contribution >= 4 is 32.1 Å². The molecule has 0 radical (unpaired) electrons. The molecule has 0 aliphatic rings. The molecule has 0 fully saturated rings. The molecule has 0 amide bonds. The van der Waals surface area contributed by atoms with E-state index in [-0.39, 0.29) is 11.4 Å². The van der Waals surface area contributed by atoms with Crippen LogP contribution in [0.4, 0.5) is 0 Å². The fourth-order valence-corrected chi connectivity index (χ4v) is 5.40. The van der Waals surface area contributed by atoms with E-state index in [1.807, 2.05) is 72.8 Å². The maximum Gasteiger partial charge on any atom is 0.241 e. The molecule has 3 aromatic carbocycles. The van der Waals surface area contributed by atoms with Crippen molar-refractivity contribution in [1.29, 1.82) is 0 Å². The second kappa shape index (κ2) is 7.85. The summed E-state index contributed by atoms with van der Waals surface area (Å²) in [6.45, 7) is 0.178. The molecule has 1 aromatic heterocycles. The van der Waals surface area contributed by atoms with Crippen LogP contribution in [0.3, 0.4) is 0 Å². The van der Waals surface area contributed by atoms with E-state index >= 15 is 0 Å². The molecular formula is C22H19NO3S2. The Morgan fingerprint density at radius 3 is 2.39 bits per heavy atom. The van der Waals surface area contributed by atoms with Gasteiger partial charge in [0, 0.05) is 21.7 Å². The van der Waals surface area contributed by atoms with E-state index in [9.17, 15) is 13.5 Å². The van der Waals surface area contributed by atoms with Gasteiger partial charge in [-0.15, -0.1) is 11.3 Å². The van der Waals surface area contributed by atoms with E-state index in [0.717, 1.165) is 20.7 Å². The predicted molar refractivity (Wildman–Crippen MR) is 113 cm³/mol. The van der Waals surface area contributed by atoms with Crippen LogP contribution in [0.5, 0.6) is 0 Å². The molecule has 0 saturated carbocycles. The summed E-state index contributed by atoms with van der Waals surface area (Å²) in [7, 11) is -3.65. The minimum atomic E-state index is -3.65. The highest BCUT2D eigenvalue weighted by atomic mass is 32.2. The van der Waals surface area contributed by atoms with Crippen molar-refractivity contribution in [2.45, 2.75) is 17.5 Å². The predicted octanol–water partition coefficient (Wildman–Crippen LogP) is 4.46. The van der Waals surface area contributed by atoms with E-state index in [1.54, 1.807) is 12.1 Å². The summed E-state index contributed by atoms with van der Waals surface area (Å²) in [5.41, 5.74) is 0.812. The molecule has 4 aromatic rings.